The molecule has 7 heteroatoms. The number of likely N-dealkylation sites (tertiary alicyclic amines) is 1. The van der Waals surface area contributed by atoms with E-state index in [4.69, 9.17) is 5.73 Å². The molecule has 0 bridgehead atoms. The predicted molar refractivity (Wildman–Crippen MR) is 184 cm³/mol. The fraction of sp³-hybridized carbons (Fsp3) is 0.649. The number of carbonyl (C=O) groups is 1. The van der Waals surface area contributed by atoms with Gasteiger partial charge in [-0.25, -0.2) is 8.78 Å². The molecule has 1 saturated heterocycles. The topological polar surface area (TPSA) is 61.6 Å². The molecule has 1 fully saturated rings. The van der Waals surface area contributed by atoms with Crippen LogP contribution in [0.3, 0.4) is 0 Å². The van der Waals surface area contributed by atoms with E-state index in [9.17, 15) is 13.6 Å². The lowest BCUT2D eigenvalue weighted by Crippen LogP contribution is -2.41. The van der Waals surface area contributed by atoms with Crippen LogP contribution in [-0.2, 0) is 4.79 Å². The molecule has 1 aliphatic carbocycles. The van der Waals surface area contributed by atoms with E-state index in [1.165, 1.54) is 55.3 Å². The van der Waals surface area contributed by atoms with Gasteiger partial charge in [0.1, 0.15) is 17.9 Å². The normalized spacial score (nSPS) is 17.8. The number of piperidine rings is 1. The van der Waals surface area contributed by atoms with Crippen LogP contribution in [0.15, 0.2) is 58.7 Å². The van der Waals surface area contributed by atoms with Gasteiger partial charge in [0.05, 0.1) is 0 Å². The Morgan fingerprint density at radius 2 is 1.66 bits per heavy atom. The van der Waals surface area contributed by atoms with Crippen molar-refractivity contribution < 1.29 is 13.6 Å². The average Bonchev–Trinajstić information content (AvgIpc) is 3.12. The van der Waals surface area contributed by atoms with Gasteiger partial charge in [0.25, 0.3) is 0 Å². The SMILES string of the molecule is CCC(C=O)CN(C)C(C)(C)C.CCC(NCCCN)C1=CC(C)=C(C)C=C(C2CCN(C)CC2)C1.Fc1cccc(F)c1. The van der Waals surface area contributed by atoms with Crippen LogP contribution in [0.4, 0.5) is 8.78 Å². The molecule has 0 amide bonds. The van der Waals surface area contributed by atoms with Crippen molar-refractivity contribution in [3.05, 3.63) is 70.3 Å². The summed E-state index contributed by atoms with van der Waals surface area (Å²) in [5.74, 6) is -0.128. The number of nitrogens with two attached hydrogens (primary N) is 1. The van der Waals surface area contributed by atoms with E-state index >= 15 is 0 Å². The molecule has 1 heterocycles. The lowest BCUT2D eigenvalue weighted by atomic mass is 9.84. The van der Waals surface area contributed by atoms with Gasteiger partial charge in [-0.3, -0.25) is 0 Å². The fourth-order valence-corrected chi connectivity index (χ4v) is 5.26. The van der Waals surface area contributed by atoms with E-state index < -0.39 is 11.6 Å². The summed E-state index contributed by atoms with van der Waals surface area (Å²) in [5.41, 5.74) is 11.9. The van der Waals surface area contributed by atoms with Crippen molar-refractivity contribution in [1.29, 1.82) is 0 Å². The average molecular weight is 617 g/mol. The van der Waals surface area contributed by atoms with Crippen molar-refractivity contribution in [3.8, 4) is 0 Å². The third-order valence-corrected chi connectivity index (χ3v) is 8.86. The highest BCUT2D eigenvalue weighted by atomic mass is 19.1. The van der Waals surface area contributed by atoms with E-state index in [0.717, 1.165) is 63.6 Å². The second-order valence-electron chi connectivity index (χ2n) is 13.4. The summed E-state index contributed by atoms with van der Waals surface area (Å²) in [6.07, 6.45) is 12.9. The maximum atomic E-state index is 11.9. The summed E-state index contributed by atoms with van der Waals surface area (Å²) in [7, 11) is 4.30. The number of carbonyl (C=O) groups excluding carboxylic acids is 1. The standard InChI is InChI=1S/C21H37N3.C10H21NO.C6H4F2/c1-5-21(23-10-6-9-22)20-14-17(3)16(2)13-19(15-20)18-7-11-24(4)12-8-18;1-6-9(8-12)7-11(5)10(2,3)4;7-5-2-1-3-6(8)4-5/h13-14,18,21,23H,5-12,15,22H2,1-4H3;8-9H,6-7H2,1-5H3;1-4H. The van der Waals surface area contributed by atoms with Crippen LogP contribution in [-0.4, -0.2) is 74.5 Å². The van der Waals surface area contributed by atoms with Crippen molar-refractivity contribution in [3.63, 3.8) is 0 Å². The number of rotatable bonds is 11. The number of nitrogens with one attached hydrogen (secondary N) is 1. The van der Waals surface area contributed by atoms with E-state index in [0.29, 0.717) is 6.04 Å². The van der Waals surface area contributed by atoms with Gasteiger partial charge in [-0.05, 0) is 148 Å². The Hall–Kier alpha value is -2.19. The molecule has 2 atom stereocenters. The molecule has 1 aromatic carbocycles. The quantitative estimate of drug-likeness (QED) is 0.199. The molecule has 0 spiro atoms. The zero-order chi connectivity index (χ0) is 33.3. The summed E-state index contributed by atoms with van der Waals surface area (Å²) in [6.45, 7) is 20.4. The molecule has 3 N–H and O–H groups in total. The van der Waals surface area contributed by atoms with Crippen LogP contribution >= 0.6 is 0 Å². The van der Waals surface area contributed by atoms with Gasteiger partial charge in [-0.2, -0.15) is 0 Å². The van der Waals surface area contributed by atoms with Gasteiger partial charge in [0, 0.05) is 30.1 Å². The molecule has 1 aromatic rings. The molecule has 1 aliphatic heterocycles. The van der Waals surface area contributed by atoms with Crippen molar-refractivity contribution in [2.45, 2.75) is 98.6 Å². The Morgan fingerprint density at radius 1 is 1.07 bits per heavy atom. The first-order chi connectivity index (χ1) is 20.7. The third kappa shape index (κ3) is 15.2. The lowest BCUT2D eigenvalue weighted by Gasteiger charge is -2.33. The molecule has 0 radical (unpaired) electrons. The van der Waals surface area contributed by atoms with E-state index in [2.05, 4.69) is 89.8 Å². The molecule has 0 aromatic heterocycles. The van der Waals surface area contributed by atoms with Gasteiger partial charge in [-0.15, -0.1) is 0 Å². The summed E-state index contributed by atoms with van der Waals surface area (Å²) in [6, 6.07) is 5.03. The van der Waals surface area contributed by atoms with Gasteiger partial charge < -0.3 is 25.6 Å². The Labute approximate surface area is 268 Å². The van der Waals surface area contributed by atoms with Gasteiger partial charge in [0.2, 0.25) is 0 Å². The number of nitrogens with zero attached hydrogens (tertiary/aromatic N) is 2. The van der Waals surface area contributed by atoms with Crippen LogP contribution in [0.25, 0.3) is 0 Å². The second-order valence-corrected chi connectivity index (χ2v) is 13.4. The number of aldehydes is 1. The zero-order valence-electron chi connectivity index (χ0n) is 29.2. The maximum absolute atomic E-state index is 11.9. The molecule has 250 valence electrons. The highest BCUT2D eigenvalue weighted by Gasteiger charge is 2.24. The van der Waals surface area contributed by atoms with E-state index in [1.807, 2.05) is 0 Å². The Kier molecular flexibility index (Phi) is 18.8. The minimum absolute atomic E-state index is 0.163. The summed E-state index contributed by atoms with van der Waals surface area (Å²) in [4.78, 5) is 15.2. The van der Waals surface area contributed by atoms with Gasteiger partial charge in [-0.1, -0.05) is 37.6 Å². The number of benzene rings is 1. The first-order valence-corrected chi connectivity index (χ1v) is 16.5. The fourth-order valence-electron chi connectivity index (χ4n) is 5.26. The Morgan fingerprint density at radius 3 is 2.11 bits per heavy atom. The lowest BCUT2D eigenvalue weighted by molar-refractivity contribution is -0.111. The number of hydrogen-bond acceptors (Lipinski definition) is 5. The molecular formula is C37H62F2N4O. The van der Waals surface area contributed by atoms with Crippen LogP contribution in [0.5, 0.6) is 0 Å². The van der Waals surface area contributed by atoms with Crippen LogP contribution < -0.4 is 11.1 Å². The third-order valence-electron chi connectivity index (χ3n) is 8.86. The predicted octanol–water partition coefficient (Wildman–Crippen LogP) is 7.54. The molecular weight excluding hydrogens is 554 g/mol. The Balaban J connectivity index is 0.000000400. The molecule has 44 heavy (non-hydrogen) atoms. The van der Waals surface area contributed by atoms with Crippen molar-refractivity contribution >= 4 is 6.29 Å². The minimum atomic E-state index is -0.537. The summed E-state index contributed by atoms with van der Waals surface area (Å²) >= 11 is 0. The van der Waals surface area contributed by atoms with Crippen LogP contribution in [0.2, 0.25) is 0 Å². The molecule has 0 saturated carbocycles. The number of halogens is 2. The zero-order valence-corrected chi connectivity index (χ0v) is 29.2. The monoisotopic (exact) mass is 616 g/mol. The largest absolute Gasteiger partial charge is 0.330 e. The number of allylic oxidation sites excluding steroid dienone is 5. The van der Waals surface area contributed by atoms with Crippen LogP contribution in [0.1, 0.15) is 87.0 Å². The second kappa shape index (κ2) is 20.8. The van der Waals surface area contributed by atoms with Crippen molar-refractivity contribution in [1.82, 2.24) is 15.1 Å². The Bertz CT molecular complexity index is 1050. The highest BCUT2D eigenvalue weighted by Crippen LogP contribution is 2.34. The van der Waals surface area contributed by atoms with E-state index in [-0.39, 0.29) is 11.5 Å². The van der Waals surface area contributed by atoms with Gasteiger partial charge in [0.15, 0.2) is 0 Å². The first kappa shape index (κ1) is 39.8. The van der Waals surface area contributed by atoms with Gasteiger partial charge >= 0.3 is 0 Å². The van der Waals surface area contributed by atoms with Crippen molar-refractivity contribution in [2.75, 3.05) is 46.8 Å². The van der Waals surface area contributed by atoms with Crippen LogP contribution in [0, 0.1) is 23.5 Å². The summed E-state index contributed by atoms with van der Waals surface area (Å²) in [5, 5.41) is 3.73. The maximum Gasteiger partial charge on any atom is 0.126 e. The minimum Gasteiger partial charge on any atom is -0.330 e. The first-order valence-electron chi connectivity index (χ1n) is 16.5. The molecule has 2 aliphatic rings. The molecule has 3 rings (SSSR count). The van der Waals surface area contributed by atoms with Crippen molar-refractivity contribution in [2.24, 2.45) is 17.6 Å². The highest BCUT2D eigenvalue weighted by molar-refractivity contribution is 5.53. The molecule has 5 nitrogen and oxygen atoms in total. The number of hydrogen-bond donors (Lipinski definition) is 2. The molecule has 2 unspecified atom stereocenters. The smallest absolute Gasteiger partial charge is 0.126 e. The van der Waals surface area contributed by atoms with E-state index in [1.54, 1.807) is 11.1 Å². The summed E-state index contributed by atoms with van der Waals surface area (Å²) < 4.78 is 23.9.